The second-order valence-electron chi connectivity index (χ2n) is 7.00. The van der Waals surface area contributed by atoms with Crippen molar-refractivity contribution in [2.24, 2.45) is 0 Å². The molecular weight excluding hydrogens is 366 g/mol. The number of methoxy groups -OCH3 is 2. The molecule has 0 N–H and O–H groups in total. The van der Waals surface area contributed by atoms with Gasteiger partial charge in [-0.25, -0.2) is 4.68 Å². The molecule has 0 spiro atoms. The van der Waals surface area contributed by atoms with Crippen molar-refractivity contribution < 1.29 is 14.3 Å². The van der Waals surface area contributed by atoms with Crippen molar-refractivity contribution in [3.05, 3.63) is 71.0 Å². The third kappa shape index (κ3) is 4.42. The maximum atomic E-state index is 12.9. The van der Waals surface area contributed by atoms with Crippen LogP contribution in [0.2, 0.25) is 0 Å². The minimum absolute atomic E-state index is 0.0136. The summed E-state index contributed by atoms with van der Waals surface area (Å²) in [5, 5.41) is 4.67. The Hall–Kier alpha value is -3.28. The summed E-state index contributed by atoms with van der Waals surface area (Å²) in [4.78, 5) is 14.6. The maximum absolute atomic E-state index is 12.9. The molecule has 0 radical (unpaired) electrons. The van der Waals surface area contributed by atoms with Gasteiger partial charge in [0.05, 0.1) is 32.0 Å². The highest BCUT2D eigenvalue weighted by molar-refractivity contribution is 5.79. The number of carbonyl (C=O) groups excluding carboxylic acids is 1. The van der Waals surface area contributed by atoms with E-state index in [4.69, 9.17) is 9.47 Å². The topological polar surface area (TPSA) is 56.6 Å². The van der Waals surface area contributed by atoms with Gasteiger partial charge in [-0.3, -0.25) is 4.79 Å². The Bertz CT molecular complexity index is 996. The highest BCUT2D eigenvalue weighted by Gasteiger charge is 2.18. The van der Waals surface area contributed by atoms with Crippen LogP contribution in [0.1, 0.15) is 22.5 Å². The predicted octanol–water partition coefficient (Wildman–Crippen LogP) is 3.71. The summed E-state index contributed by atoms with van der Waals surface area (Å²) in [5.41, 5.74) is 4.87. The first-order valence-electron chi connectivity index (χ1n) is 9.50. The molecule has 6 nitrogen and oxygen atoms in total. The van der Waals surface area contributed by atoms with E-state index in [-0.39, 0.29) is 12.3 Å². The minimum atomic E-state index is 0.0136. The van der Waals surface area contributed by atoms with E-state index in [0.717, 1.165) is 28.2 Å². The molecule has 0 unspecified atom stereocenters. The summed E-state index contributed by atoms with van der Waals surface area (Å²) in [5.74, 6) is 1.36. The molecule has 0 aliphatic carbocycles. The maximum Gasteiger partial charge on any atom is 0.227 e. The summed E-state index contributed by atoms with van der Waals surface area (Å²) in [6, 6.07) is 15.5. The van der Waals surface area contributed by atoms with Crippen LogP contribution < -0.4 is 9.47 Å². The molecule has 1 amide bonds. The molecule has 0 saturated heterocycles. The Morgan fingerprint density at radius 3 is 2.45 bits per heavy atom. The van der Waals surface area contributed by atoms with Gasteiger partial charge >= 0.3 is 0 Å². The molecule has 0 fully saturated rings. The molecule has 152 valence electrons. The van der Waals surface area contributed by atoms with E-state index in [1.54, 1.807) is 25.2 Å². The van der Waals surface area contributed by atoms with Crippen molar-refractivity contribution in [2.45, 2.75) is 26.8 Å². The Balaban J connectivity index is 1.76. The largest absolute Gasteiger partial charge is 0.497 e. The van der Waals surface area contributed by atoms with Gasteiger partial charge < -0.3 is 14.4 Å². The normalized spacial score (nSPS) is 10.7. The van der Waals surface area contributed by atoms with Crippen molar-refractivity contribution >= 4 is 5.91 Å². The van der Waals surface area contributed by atoms with Crippen molar-refractivity contribution in [2.75, 3.05) is 21.3 Å². The Morgan fingerprint density at radius 2 is 1.79 bits per heavy atom. The number of likely N-dealkylation sites (N-methyl/N-ethyl adjacent to an activating group) is 1. The van der Waals surface area contributed by atoms with Crippen LogP contribution in [0.3, 0.4) is 0 Å². The lowest BCUT2D eigenvalue weighted by atomic mass is 10.1. The molecule has 29 heavy (non-hydrogen) atoms. The molecule has 6 heteroatoms. The summed E-state index contributed by atoms with van der Waals surface area (Å²) in [6.07, 6.45) is 0.259. The zero-order chi connectivity index (χ0) is 21.0. The quantitative estimate of drug-likeness (QED) is 0.614. The Labute approximate surface area is 171 Å². The van der Waals surface area contributed by atoms with Crippen molar-refractivity contribution in [3.8, 4) is 17.2 Å². The highest BCUT2D eigenvalue weighted by atomic mass is 16.5. The fraction of sp³-hybridized carbons (Fsp3) is 0.304. The summed E-state index contributed by atoms with van der Waals surface area (Å²) >= 11 is 0. The van der Waals surface area contributed by atoms with Gasteiger partial charge in [0.1, 0.15) is 11.5 Å². The number of carbonyl (C=O) groups is 1. The lowest BCUT2D eigenvalue weighted by Crippen LogP contribution is -2.28. The SMILES string of the molecule is COc1ccc(CC(=O)N(C)Cc2c(C)nn(-c3ccccc3)c2C)c(OC)c1. The van der Waals surface area contributed by atoms with Crippen LogP contribution in [0, 0.1) is 13.8 Å². The van der Waals surface area contributed by atoms with E-state index in [2.05, 4.69) is 5.10 Å². The van der Waals surface area contributed by atoms with Gasteiger partial charge in [0.15, 0.2) is 0 Å². The van der Waals surface area contributed by atoms with Gasteiger partial charge in [-0.15, -0.1) is 0 Å². The minimum Gasteiger partial charge on any atom is -0.497 e. The Kier molecular flexibility index (Phi) is 6.22. The first-order valence-corrected chi connectivity index (χ1v) is 9.50. The van der Waals surface area contributed by atoms with Crippen LogP contribution in [0.15, 0.2) is 48.5 Å². The number of hydrogen-bond acceptors (Lipinski definition) is 4. The lowest BCUT2D eigenvalue weighted by molar-refractivity contribution is -0.129. The second-order valence-corrected chi connectivity index (χ2v) is 7.00. The molecule has 0 saturated carbocycles. The fourth-order valence-corrected chi connectivity index (χ4v) is 3.35. The molecule has 2 aromatic carbocycles. The molecule has 3 aromatic rings. The van der Waals surface area contributed by atoms with Crippen LogP contribution >= 0.6 is 0 Å². The van der Waals surface area contributed by atoms with Crippen LogP contribution in [0.4, 0.5) is 0 Å². The lowest BCUT2D eigenvalue weighted by Gasteiger charge is -2.19. The van der Waals surface area contributed by atoms with E-state index >= 15 is 0 Å². The van der Waals surface area contributed by atoms with Crippen molar-refractivity contribution in [1.82, 2.24) is 14.7 Å². The summed E-state index contributed by atoms with van der Waals surface area (Å²) < 4.78 is 12.6. The van der Waals surface area contributed by atoms with Gasteiger partial charge in [-0.2, -0.15) is 5.10 Å². The summed E-state index contributed by atoms with van der Waals surface area (Å²) in [7, 11) is 5.02. The van der Waals surface area contributed by atoms with E-state index in [0.29, 0.717) is 18.0 Å². The Morgan fingerprint density at radius 1 is 1.07 bits per heavy atom. The zero-order valence-electron chi connectivity index (χ0n) is 17.6. The predicted molar refractivity (Wildman–Crippen MR) is 113 cm³/mol. The third-order valence-electron chi connectivity index (χ3n) is 5.10. The monoisotopic (exact) mass is 393 g/mol. The van der Waals surface area contributed by atoms with Crippen molar-refractivity contribution in [1.29, 1.82) is 0 Å². The standard InChI is InChI=1S/C23H27N3O3/c1-16-21(17(2)26(24-16)19-9-7-6-8-10-19)15-25(3)23(27)13-18-11-12-20(28-4)14-22(18)29-5/h6-12,14H,13,15H2,1-5H3. The van der Waals surface area contributed by atoms with E-state index in [9.17, 15) is 4.79 Å². The number of aryl methyl sites for hydroxylation is 1. The van der Waals surface area contributed by atoms with Crippen LogP contribution in [-0.2, 0) is 17.8 Å². The number of rotatable bonds is 7. The van der Waals surface area contributed by atoms with Gasteiger partial charge in [0.25, 0.3) is 0 Å². The number of aromatic nitrogens is 2. The van der Waals surface area contributed by atoms with E-state index in [1.807, 2.05) is 68.0 Å². The van der Waals surface area contributed by atoms with Gasteiger partial charge in [-0.05, 0) is 32.0 Å². The van der Waals surface area contributed by atoms with Crippen LogP contribution in [0.25, 0.3) is 5.69 Å². The van der Waals surface area contributed by atoms with Gasteiger partial charge in [-0.1, -0.05) is 24.3 Å². The van der Waals surface area contributed by atoms with Gasteiger partial charge in [0.2, 0.25) is 5.91 Å². The first-order chi connectivity index (χ1) is 13.9. The highest BCUT2D eigenvalue weighted by Crippen LogP contribution is 2.26. The summed E-state index contributed by atoms with van der Waals surface area (Å²) in [6.45, 7) is 4.52. The zero-order valence-corrected chi connectivity index (χ0v) is 17.6. The first kappa shape index (κ1) is 20.5. The smallest absolute Gasteiger partial charge is 0.227 e. The average Bonchev–Trinajstić information content (AvgIpc) is 3.02. The van der Waals surface area contributed by atoms with Crippen molar-refractivity contribution in [3.63, 3.8) is 0 Å². The molecule has 1 aromatic heterocycles. The molecular formula is C23H27N3O3. The van der Waals surface area contributed by atoms with Gasteiger partial charge in [0, 0.05) is 36.5 Å². The molecule has 0 aliphatic heterocycles. The number of ether oxygens (including phenoxy) is 2. The van der Waals surface area contributed by atoms with E-state index < -0.39 is 0 Å². The molecule has 0 aliphatic rings. The number of nitrogens with zero attached hydrogens (tertiary/aromatic N) is 3. The van der Waals surface area contributed by atoms with Crippen LogP contribution in [0.5, 0.6) is 11.5 Å². The van der Waals surface area contributed by atoms with E-state index in [1.165, 1.54) is 0 Å². The molecule has 0 bridgehead atoms. The average molecular weight is 393 g/mol. The third-order valence-corrected chi connectivity index (χ3v) is 5.10. The molecule has 1 heterocycles. The van der Waals surface area contributed by atoms with Crippen LogP contribution in [-0.4, -0.2) is 41.9 Å². The fourth-order valence-electron chi connectivity index (χ4n) is 3.35. The number of benzene rings is 2. The number of hydrogen-bond donors (Lipinski definition) is 0. The number of para-hydroxylation sites is 1. The number of amides is 1. The molecule has 3 rings (SSSR count). The molecule has 0 atom stereocenters. The second kappa shape index (κ2) is 8.82.